The molecule has 0 radical (unpaired) electrons. The fourth-order valence-electron chi connectivity index (χ4n) is 4.67. The number of hydrogen-bond donors (Lipinski definition) is 1. The highest BCUT2D eigenvalue weighted by Gasteiger charge is 2.22. The van der Waals surface area contributed by atoms with Gasteiger partial charge in [0.05, 0.1) is 37.1 Å². The lowest BCUT2D eigenvalue weighted by Crippen LogP contribution is -2.46. The first-order valence-electron chi connectivity index (χ1n) is 13.3. The van der Waals surface area contributed by atoms with Gasteiger partial charge in [-0.15, -0.1) is 5.10 Å². The van der Waals surface area contributed by atoms with Crippen LogP contribution in [-0.4, -0.2) is 94.7 Å². The number of ether oxygens (including phenoxy) is 3. The van der Waals surface area contributed by atoms with Gasteiger partial charge in [-0.25, -0.2) is 14.6 Å². The van der Waals surface area contributed by atoms with Gasteiger partial charge in [0.2, 0.25) is 5.95 Å². The van der Waals surface area contributed by atoms with Gasteiger partial charge < -0.3 is 29.3 Å². The Morgan fingerprint density at radius 2 is 1.95 bits per heavy atom. The molecule has 12 nitrogen and oxygen atoms in total. The largest absolute Gasteiger partial charge is 0.494 e. The number of nitrogens with one attached hydrogen (secondary N) is 1. The van der Waals surface area contributed by atoms with Crippen LogP contribution in [0.4, 0.5) is 17.3 Å². The number of methoxy groups -OCH3 is 1. The van der Waals surface area contributed by atoms with E-state index in [0.717, 1.165) is 42.1 Å². The number of halogens is 1. The van der Waals surface area contributed by atoms with Crippen LogP contribution in [0.3, 0.4) is 0 Å². The standard InChI is InChI=1S/C28H34ClN9O3/c1-19(15-38-18-32-34-35-38)41-26-11-20(5-7-24(26)29)21-13-30-28(31-14-21)33-25-8-6-22(12-27(25)39-4)37-9-10-40-23(17-37)16-36(2)3/h5-8,11-14,18-19,23H,9-10,15-17H2,1-4H3,(H,30,31,33)/t19-,23?/m0/s1. The van der Waals surface area contributed by atoms with Crippen LogP contribution in [0.1, 0.15) is 6.92 Å². The van der Waals surface area contributed by atoms with Crippen LogP contribution < -0.4 is 19.7 Å². The summed E-state index contributed by atoms with van der Waals surface area (Å²) in [6.07, 6.45) is 5.02. The molecule has 13 heteroatoms. The highest BCUT2D eigenvalue weighted by Crippen LogP contribution is 2.33. The Balaban J connectivity index is 1.25. The zero-order chi connectivity index (χ0) is 28.8. The second-order valence-electron chi connectivity index (χ2n) is 10.1. The van der Waals surface area contributed by atoms with Crippen molar-refractivity contribution in [2.24, 2.45) is 0 Å². The van der Waals surface area contributed by atoms with Crippen molar-refractivity contribution in [2.45, 2.75) is 25.7 Å². The summed E-state index contributed by atoms with van der Waals surface area (Å²) in [5.74, 6) is 1.73. The van der Waals surface area contributed by atoms with E-state index in [1.165, 1.54) is 0 Å². The van der Waals surface area contributed by atoms with E-state index in [1.54, 1.807) is 36.6 Å². The van der Waals surface area contributed by atoms with Crippen LogP contribution >= 0.6 is 11.6 Å². The van der Waals surface area contributed by atoms with Gasteiger partial charge in [0.1, 0.15) is 23.9 Å². The lowest BCUT2D eigenvalue weighted by Gasteiger charge is -2.35. The molecule has 0 amide bonds. The molecule has 1 aliphatic heterocycles. The molecular weight excluding hydrogens is 546 g/mol. The summed E-state index contributed by atoms with van der Waals surface area (Å²) in [5, 5.41) is 15.0. The van der Waals surface area contributed by atoms with Crippen LogP contribution in [0, 0.1) is 0 Å². The number of benzene rings is 2. The Kier molecular flexibility index (Phi) is 9.12. The summed E-state index contributed by atoms with van der Waals surface area (Å²) in [6.45, 7) is 5.66. The molecule has 5 rings (SSSR count). The number of nitrogens with zero attached hydrogens (tertiary/aromatic N) is 8. The number of hydrogen-bond acceptors (Lipinski definition) is 11. The van der Waals surface area contributed by atoms with Gasteiger partial charge in [-0.1, -0.05) is 17.7 Å². The van der Waals surface area contributed by atoms with Crippen LogP contribution in [0.25, 0.3) is 11.1 Å². The van der Waals surface area contributed by atoms with Crippen molar-refractivity contribution in [3.8, 4) is 22.6 Å². The average molecular weight is 580 g/mol. The summed E-state index contributed by atoms with van der Waals surface area (Å²) in [7, 11) is 5.78. The topological polar surface area (TPSA) is 116 Å². The summed E-state index contributed by atoms with van der Waals surface area (Å²) in [4.78, 5) is 13.5. The first-order chi connectivity index (χ1) is 19.9. The van der Waals surface area contributed by atoms with E-state index >= 15 is 0 Å². The third-order valence-corrected chi connectivity index (χ3v) is 6.90. The molecule has 1 aliphatic rings. The molecule has 2 atom stereocenters. The van der Waals surface area contributed by atoms with Gasteiger partial charge in [-0.05, 0) is 61.3 Å². The maximum absolute atomic E-state index is 6.40. The SMILES string of the molecule is COc1cc(N2CCOC(CN(C)C)C2)ccc1Nc1ncc(-c2ccc(Cl)c(O[C@@H](C)Cn3cnnn3)c2)cn1. The van der Waals surface area contributed by atoms with E-state index in [9.17, 15) is 0 Å². The highest BCUT2D eigenvalue weighted by atomic mass is 35.5. The first-order valence-corrected chi connectivity index (χ1v) is 13.7. The van der Waals surface area contributed by atoms with Gasteiger partial charge in [0, 0.05) is 49.3 Å². The number of tetrazole rings is 1. The zero-order valence-corrected chi connectivity index (χ0v) is 24.3. The Morgan fingerprint density at radius 3 is 2.68 bits per heavy atom. The van der Waals surface area contributed by atoms with Crippen LogP contribution in [-0.2, 0) is 11.3 Å². The number of aromatic nitrogens is 6. The van der Waals surface area contributed by atoms with E-state index in [1.807, 2.05) is 31.2 Å². The molecule has 2 aromatic heterocycles. The van der Waals surface area contributed by atoms with Gasteiger partial charge in [0.15, 0.2) is 0 Å². The molecular formula is C28H34ClN9O3. The lowest BCUT2D eigenvalue weighted by molar-refractivity contribution is 0.0248. The molecule has 0 spiro atoms. The number of likely N-dealkylation sites (N-methyl/N-ethyl adjacent to an activating group) is 1. The van der Waals surface area contributed by atoms with Crippen molar-refractivity contribution in [3.63, 3.8) is 0 Å². The van der Waals surface area contributed by atoms with Crippen molar-refractivity contribution in [3.05, 3.63) is 60.1 Å². The molecule has 1 fully saturated rings. The molecule has 2 aromatic carbocycles. The smallest absolute Gasteiger partial charge is 0.227 e. The zero-order valence-electron chi connectivity index (χ0n) is 23.6. The summed E-state index contributed by atoms with van der Waals surface area (Å²) >= 11 is 6.40. The quantitative estimate of drug-likeness (QED) is 0.280. The fraction of sp³-hybridized carbons (Fsp3) is 0.393. The monoisotopic (exact) mass is 579 g/mol. The predicted molar refractivity (Wildman–Crippen MR) is 157 cm³/mol. The van der Waals surface area contributed by atoms with Gasteiger partial charge in [-0.2, -0.15) is 0 Å². The highest BCUT2D eigenvalue weighted by molar-refractivity contribution is 6.32. The van der Waals surface area contributed by atoms with Gasteiger partial charge >= 0.3 is 0 Å². The third kappa shape index (κ3) is 7.40. The molecule has 1 saturated heterocycles. The molecule has 41 heavy (non-hydrogen) atoms. The lowest BCUT2D eigenvalue weighted by atomic mass is 10.1. The number of morpholine rings is 1. The molecule has 0 saturated carbocycles. The average Bonchev–Trinajstić information content (AvgIpc) is 3.47. The minimum Gasteiger partial charge on any atom is -0.494 e. The minimum absolute atomic E-state index is 0.165. The fourth-order valence-corrected chi connectivity index (χ4v) is 4.83. The molecule has 0 bridgehead atoms. The van der Waals surface area contributed by atoms with Crippen LogP contribution in [0.15, 0.2) is 55.1 Å². The van der Waals surface area contributed by atoms with Crippen molar-refractivity contribution in [2.75, 3.05) is 57.7 Å². The van der Waals surface area contributed by atoms with E-state index in [2.05, 4.69) is 60.8 Å². The van der Waals surface area contributed by atoms with Gasteiger partial charge in [0.25, 0.3) is 0 Å². The van der Waals surface area contributed by atoms with E-state index in [-0.39, 0.29) is 12.2 Å². The van der Waals surface area contributed by atoms with Gasteiger partial charge in [-0.3, -0.25) is 0 Å². The molecule has 3 heterocycles. The van der Waals surface area contributed by atoms with E-state index in [0.29, 0.717) is 35.6 Å². The summed E-state index contributed by atoms with van der Waals surface area (Å²) < 4.78 is 19.3. The number of anilines is 3. The Labute approximate surface area is 244 Å². The maximum Gasteiger partial charge on any atom is 0.227 e. The van der Waals surface area contributed by atoms with E-state index < -0.39 is 0 Å². The maximum atomic E-state index is 6.40. The Hall–Kier alpha value is -4.00. The molecule has 216 valence electrons. The summed E-state index contributed by atoms with van der Waals surface area (Å²) in [5.41, 5.74) is 3.57. The molecule has 4 aromatic rings. The van der Waals surface area contributed by atoms with E-state index in [4.69, 9.17) is 25.8 Å². The Morgan fingerprint density at radius 1 is 1.12 bits per heavy atom. The van der Waals surface area contributed by atoms with Crippen LogP contribution in [0.2, 0.25) is 5.02 Å². The van der Waals surface area contributed by atoms with Crippen molar-refractivity contribution in [1.82, 2.24) is 35.1 Å². The summed E-state index contributed by atoms with van der Waals surface area (Å²) in [6, 6.07) is 11.7. The van der Waals surface area contributed by atoms with Crippen molar-refractivity contribution in [1.29, 1.82) is 0 Å². The second kappa shape index (κ2) is 13.1. The molecule has 1 unspecified atom stereocenters. The third-order valence-electron chi connectivity index (χ3n) is 6.58. The molecule has 1 N–H and O–H groups in total. The first kappa shape index (κ1) is 28.5. The molecule has 0 aliphatic carbocycles. The number of rotatable bonds is 11. The Bertz CT molecular complexity index is 1420. The van der Waals surface area contributed by atoms with Crippen molar-refractivity contribution < 1.29 is 14.2 Å². The second-order valence-corrected chi connectivity index (χ2v) is 10.5. The minimum atomic E-state index is -0.196. The predicted octanol–water partition coefficient (Wildman–Crippen LogP) is 3.77. The normalized spacial score (nSPS) is 16.0. The van der Waals surface area contributed by atoms with Crippen LogP contribution in [0.5, 0.6) is 11.5 Å². The van der Waals surface area contributed by atoms with Crippen molar-refractivity contribution >= 4 is 28.9 Å².